The number of carbonyl (C=O) groups is 1. The number of amides is 1. The van der Waals surface area contributed by atoms with E-state index in [1.807, 2.05) is 36.9 Å². The molecule has 0 aliphatic carbocycles. The van der Waals surface area contributed by atoms with Crippen molar-refractivity contribution in [2.75, 3.05) is 25.2 Å². The zero-order valence-corrected chi connectivity index (χ0v) is 13.6. The van der Waals surface area contributed by atoms with Gasteiger partial charge in [0.15, 0.2) is 0 Å². The van der Waals surface area contributed by atoms with E-state index in [4.69, 9.17) is 5.11 Å². The Bertz CT molecular complexity index is 517. The van der Waals surface area contributed by atoms with Crippen LogP contribution in [0.4, 0.5) is 0 Å². The number of nitrogens with one attached hydrogen (secondary N) is 1. The summed E-state index contributed by atoms with van der Waals surface area (Å²) in [7, 11) is 0. The molecule has 0 aliphatic rings. The molecule has 0 radical (unpaired) electrons. The summed E-state index contributed by atoms with van der Waals surface area (Å²) in [5.41, 5.74) is 2.42. The summed E-state index contributed by atoms with van der Waals surface area (Å²) in [5.74, 6) is 6.98. The highest BCUT2D eigenvalue weighted by molar-refractivity contribution is 7.98. The summed E-state index contributed by atoms with van der Waals surface area (Å²) >= 11 is 1.82. The molecule has 0 bridgehead atoms. The summed E-state index contributed by atoms with van der Waals surface area (Å²) in [5, 5.41) is 11.7. The lowest BCUT2D eigenvalue weighted by Crippen LogP contribution is -2.25. The average molecular weight is 305 g/mol. The van der Waals surface area contributed by atoms with Gasteiger partial charge in [0.05, 0.1) is 6.61 Å². The zero-order valence-electron chi connectivity index (χ0n) is 12.7. The van der Waals surface area contributed by atoms with Gasteiger partial charge >= 0.3 is 0 Å². The maximum absolute atomic E-state index is 12.2. The molecule has 1 aromatic carbocycles. The van der Waals surface area contributed by atoms with E-state index in [-0.39, 0.29) is 12.5 Å². The number of hydrogen-bond acceptors (Lipinski definition) is 3. The van der Waals surface area contributed by atoms with Gasteiger partial charge in [0.1, 0.15) is 0 Å². The van der Waals surface area contributed by atoms with Crippen LogP contribution in [0, 0.1) is 18.8 Å². The number of hydrogen-bond donors (Lipinski definition) is 2. The average Bonchev–Trinajstić information content (AvgIpc) is 2.49. The maximum atomic E-state index is 12.2. The fourth-order valence-electron chi connectivity index (χ4n) is 1.90. The van der Waals surface area contributed by atoms with Crippen LogP contribution in [0.15, 0.2) is 18.2 Å². The van der Waals surface area contributed by atoms with E-state index in [9.17, 15) is 4.79 Å². The monoisotopic (exact) mass is 305 g/mol. The molecule has 0 heterocycles. The van der Waals surface area contributed by atoms with Crippen molar-refractivity contribution in [2.24, 2.45) is 0 Å². The molecule has 114 valence electrons. The minimum absolute atomic E-state index is 0.0394. The third kappa shape index (κ3) is 6.24. The van der Waals surface area contributed by atoms with Crippen LogP contribution in [0.2, 0.25) is 0 Å². The predicted octanol–water partition coefficient (Wildman–Crippen LogP) is 2.60. The summed E-state index contributed by atoms with van der Waals surface area (Å²) in [6.45, 7) is 2.67. The number of carbonyl (C=O) groups excluding carboxylic acids is 1. The topological polar surface area (TPSA) is 49.3 Å². The molecule has 1 aromatic rings. The van der Waals surface area contributed by atoms with Gasteiger partial charge in [-0.1, -0.05) is 17.9 Å². The van der Waals surface area contributed by atoms with E-state index in [0.29, 0.717) is 18.5 Å². The van der Waals surface area contributed by atoms with Crippen molar-refractivity contribution in [3.8, 4) is 11.8 Å². The van der Waals surface area contributed by atoms with Crippen LogP contribution in [-0.2, 0) is 0 Å². The largest absolute Gasteiger partial charge is 0.395 e. The Morgan fingerprint density at radius 2 is 2.19 bits per heavy atom. The quantitative estimate of drug-likeness (QED) is 0.601. The fourth-order valence-corrected chi connectivity index (χ4v) is 2.39. The molecule has 0 aromatic heterocycles. The highest BCUT2D eigenvalue weighted by atomic mass is 32.2. The van der Waals surface area contributed by atoms with Gasteiger partial charge in [-0.05, 0) is 49.5 Å². The van der Waals surface area contributed by atoms with Crippen molar-refractivity contribution in [1.29, 1.82) is 0 Å². The van der Waals surface area contributed by atoms with Gasteiger partial charge < -0.3 is 10.4 Å². The van der Waals surface area contributed by atoms with Crippen molar-refractivity contribution in [2.45, 2.75) is 26.2 Å². The summed E-state index contributed by atoms with van der Waals surface area (Å²) in [6, 6.07) is 5.57. The van der Waals surface area contributed by atoms with E-state index in [2.05, 4.69) is 23.4 Å². The smallest absolute Gasteiger partial charge is 0.251 e. The van der Waals surface area contributed by atoms with E-state index < -0.39 is 0 Å². The Morgan fingerprint density at radius 3 is 2.90 bits per heavy atom. The first-order chi connectivity index (χ1) is 10.2. The van der Waals surface area contributed by atoms with Gasteiger partial charge in [-0.2, -0.15) is 11.8 Å². The van der Waals surface area contributed by atoms with Crippen molar-refractivity contribution in [3.63, 3.8) is 0 Å². The molecule has 0 spiro atoms. The van der Waals surface area contributed by atoms with Gasteiger partial charge in [-0.15, -0.1) is 0 Å². The number of thioether (sulfide) groups is 1. The second kappa shape index (κ2) is 10.3. The van der Waals surface area contributed by atoms with Crippen LogP contribution in [0.1, 0.15) is 40.7 Å². The lowest BCUT2D eigenvalue weighted by atomic mass is 10.0. The molecular formula is C17H23NO2S. The Labute approximate surface area is 131 Å². The molecule has 1 amide bonds. The zero-order chi connectivity index (χ0) is 15.5. The maximum Gasteiger partial charge on any atom is 0.251 e. The number of aliphatic hydroxyl groups is 1. The van der Waals surface area contributed by atoms with Gasteiger partial charge in [0, 0.05) is 24.1 Å². The molecule has 2 N–H and O–H groups in total. The van der Waals surface area contributed by atoms with Crippen LogP contribution in [0.5, 0.6) is 0 Å². The highest BCUT2D eigenvalue weighted by Gasteiger charge is 2.10. The van der Waals surface area contributed by atoms with Gasteiger partial charge in [-0.3, -0.25) is 4.79 Å². The normalized spacial score (nSPS) is 9.86. The Morgan fingerprint density at radius 1 is 1.38 bits per heavy atom. The van der Waals surface area contributed by atoms with E-state index in [1.54, 1.807) is 0 Å². The highest BCUT2D eigenvalue weighted by Crippen LogP contribution is 2.13. The lowest BCUT2D eigenvalue weighted by Gasteiger charge is -2.09. The van der Waals surface area contributed by atoms with Gasteiger partial charge in [0.2, 0.25) is 0 Å². The summed E-state index contributed by atoms with van der Waals surface area (Å²) < 4.78 is 0. The molecule has 0 saturated carbocycles. The third-order valence-electron chi connectivity index (χ3n) is 3.10. The molecule has 0 unspecified atom stereocenters. The molecule has 0 saturated heterocycles. The number of rotatable bonds is 7. The number of unbranched alkanes of at least 4 members (excludes halogenated alkanes) is 1. The summed E-state index contributed by atoms with van der Waals surface area (Å²) in [6.07, 6.45) is 4.66. The predicted molar refractivity (Wildman–Crippen MR) is 89.7 cm³/mol. The molecule has 4 heteroatoms. The minimum atomic E-state index is -0.0394. The molecular weight excluding hydrogens is 282 g/mol. The van der Waals surface area contributed by atoms with Crippen LogP contribution in [0.25, 0.3) is 0 Å². The molecule has 1 rings (SSSR count). The first-order valence-corrected chi connectivity index (χ1v) is 8.56. The van der Waals surface area contributed by atoms with Crippen LogP contribution in [-0.4, -0.2) is 36.2 Å². The van der Waals surface area contributed by atoms with Gasteiger partial charge in [-0.25, -0.2) is 0 Å². The van der Waals surface area contributed by atoms with Crippen molar-refractivity contribution in [3.05, 3.63) is 34.9 Å². The Hall–Kier alpha value is -1.44. The molecule has 0 fully saturated rings. The second-order valence-corrected chi connectivity index (χ2v) is 5.69. The first-order valence-electron chi connectivity index (χ1n) is 7.17. The number of benzene rings is 1. The van der Waals surface area contributed by atoms with Crippen LogP contribution in [0.3, 0.4) is 0 Å². The third-order valence-corrected chi connectivity index (χ3v) is 3.80. The van der Waals surface area contributed by atoms with E-state index in [1.165, 1.54) is 0 Å². The lowest BCUT2D eigenvalue weighted by molar-refractivity contribution is 0.0952. The van der Waals surface area contributed by atoms with E-state index >= 15 is 0 Å². The van der Waals surface area contributed by atoms with Crippen molar-refractivity contribution < 1.29 is 9.90 Å². The molecule has 0 aliphatic heterocycles. The number of aliphatic hydroxyl groups excluding tert-OH is 1. The SMILES string of the molecule is CSCCCCNC(=O)c1cccc(C#CCCO)c1C. The summed E-state index contributed by atoms with van der Waals surface area (Å²) in [4.78, 5) is 12.2. The molecule has 0 atom stereocenters. The Kier molecular flexibility index (Phi) is 8.65. The second-order valence-electron chi connectivity index (χ2n) is 4.71. The van der Waals surface area contributed by atoms with Gasteiger partial charge in [0.25, 0.3) is 5.91 Å². The molecule has 21 heavy (non-hydrogen) atoms. The standard InChI is InChI=1S/C17H23NO2S/c1-14-15(8-3-5-12-19)9-7-10-16(14)17(20)18-11-4-6-13-21-2/h7,9-10,19H,4-6,11-13H2,1-2H3,(H,18,20). The van der Waals surface area contributed by atoms with Crippen LogP contribution >= 0.6 is 11.8 Å². The minimum Gasteiger partial charge on any atom is -0.395 e. The van der Waals surface area contributed by atoms with Crippen molar-refractivity contribution in [1.82, 2.24) is 5.32 Å². The fraction of sp³-hybridized carbons (Fsp3) is 0.471. The van der Waals surface area contributed by atoms with E-state index in [0.717, 1.165) is 29.7 Å². The van der Waals surface area contributed by atoms with Crippen molar-refractivity contribution >= 4 is 17.7 Å². The molecule has 3 nitrogen and oxygen atoms in total. The Balaban J connectivity index is 2.64. The van der Waals surface area contributed by atoms with Crippen LogP contribution < -0.4 is 5.32 Å². The first kappa shape index (κ1) is 17.6.